The second kappa shape index (κ2) is 8.25. The first-order chi connectivity index (χ1) is 8.61. The van der Waals surface area contributed by atoms with E-state index in [1.165, 1.54) is 0 Å². The molecule has 0 radical (unpaired) electrons. The van der Waals surface area contributed by atoms with Crippen LogP contribution in [0.4, 0.5) is 0 Å². The van der Waals surface area contributed by atoms with E-state index in [1.807, 2.05) is 24.3 Å². The first kappa shape index (κ1) is 15.2. The number of hydrogen-bond acceptors (Lipinski definition) is 2. The molecule has 0 heterocycles. The van der Waals surface area contributed by atoms with E-state index in [2.05, 4.69) is 13.8 Å². The van der Waals surface area contributed by atoms with Crippen LogP contribution in [0, 0.1) is 5.92 Å². The van der Waals surface area contributed by atoms with Crippen LogP contribution in [0.25, 0.3) is 0 Å². The highest BCUT2D eigenvalue weighted by Crippen LogP contribution is 2.19. The van der Waals surface area contributed by atoms with Gasteiger partial charge >= 0.3 is 0 Å². The van der Waals surface area contributed by atoms with Gasteiger partial charge in [-0.1, -0.05) is 13.8 Å². The molecule has 1 aromatic carbocycles. The maximum Gasteiger partial charge on any atom is 0.119 e. The van der Waals surface area contributed by atoms with Gasteiger partial charge in [-0.15, -0.1) is 11.6 Å². The molecule has 1 unspecified atom stereocenters. The van der Waals surface area contributed by atoms with Gasteiger partial charge in [-0.25, -0.2) is 0 Å². The van der Waals surface area contributed by atoms with E-state index >= 15 is 0 Å². The Balaban J connectivity index is 2.17. The van der Waals surface area contributed by atoms with Gasteiger partial charge in [0.2, 0.25) is 0 Å². The Morgan fingerprint density at radius 3 is 2.28 bits per heavy atom. The highest BCUT2D eigenvalue weighted by atomic mass is 35.5. The molecule has 0 aliphatic heterocycles. The summed E-state index contributed by atoms with van der Waals surface area (Å²) in [6.45, 7) is 5.11. The fourth-order valence-electron chi connectivity index (χ4n) is 1.80. The molecule has 1 rings (SSSR count). The van der Waals surface area contributed by atoms with E-state index < -0.39 is 0 Å². The van der Waals surface area contributed by atoms with Gasteiger partial charge in [0.1, 0.15) is 11.5 Å². The lowest BCUT2D eigenvalue weighted by Gasteiger charge is -2.12. The summed E-state index contributed by atoms with van der Waals surface area (Å²) in [7, 11) is 1.66. The average molecular weight is 271 g/mol. The Morgan fingerprint density at radius 2 is 1.72 bits per heavy atom. The zero-order valence-corrected chi connectivity index (χ0v) is 12.2. The van der Waals surface area contributed by atoms with Crippen LogP contribution in [0.3, 0.4) is 0 Å². The van der Waals surface area contributed by atoms with Gasteiger partial charge in [-0.05, 0) is 49.4 Å². The second-order valence-electron chi connectivity index (χ2n) is 4.89. The van der Waals surface area contributed by atoms with Crippen LogP contribution in [0.15, 0.2) is 24.3 Å². The van der Waals surface area contributed by atoms with Crippen LogP contribution < -0.4 is 9.47 Å². The molecule has 0 aliphatic carbocycles. The van der Waals surface area contributed by atoms with Crippen molar-refractivity contribution >= 4 is 11.6 Å². The number of ether oxygens (including phenoxy) is 2. The minimum atomic E-state index is 0.268. The van der Waals surface area contributed by atoms with Crippen molar-refractivity contribution in [2.75, 3.05) is 13.7 Å². The first-order valence-electron chi connectivity index (χ1n) is 6.52. The number of halogens is 1. The third-order valence-corrected chi connectivity index (χ3v) is 3.11. The predicted octanol–water partition coefficient (Wildman–Crippen LogP) is 4.51. The van der Waals surface area contributed by atoms with Crippen molar-refractivity contribution in [3.05, 3.63) is 24.3 Å². The Morgan fingerprint density at radius 1 is 1.11 bits per heavy atom. The Bertz CT molecular complexity index is 322. The third-order valence-electron chi connectivity index (χ3n) is 2.72. The van der Waals surface area contributed by atoms with Gasteiger partial charge in [-0.2, -0.15) is 0 Å². The van der Waals surface area contributed by atoms with Crippen molar-refractivity contribution in [1.82, 2.24) is 0 Å². The van der Waals surface area contributed by atoms with Gasteiger partial charge in [0.15, 0.2) is 0 Å². The molecule has 0 fully saturated rings. The number of alkyl halides is 1. The molecular formula is C15H23ClO2. The van der Waals surface area contributed by atoms with Crippen molar-refractivity contribution < 1.29 is 9.47 Å². The number of rotatable bonds is 8. The van der Waals surface area contributed by atoms with E-state index in [-0.39, 0.29) is 5.38 Å². The van der Waals surface area contributed by atoms with Crippen molar-refractivity contribution in [1.29, 1.82) is 0 Å². The zero-order valence-electron chi connectivity index (χ0n) is 11.5. The highest BCUT2D eigenvalue weighted by molar-refractivity contribution is 6.20. The van der Waals surface area contributed by atoms with Crippen molar-refractivity contribution in [3.63, 3.8) is 0 Å². The standard InChI is InChI=1S/C15H23ClO2/c1-12(2)11-13(16)5-4-10-18-15-8-6-14(17-3)7-9-15/h6-9,12-13H,4-5,10-11H2,1-3H3. The lowest BCUT2D eigenvalue weighted by Crippen LogP contribution is -2.06. The summed E-state index contributed by atoms with van der Waals surface area (Å²) in [5.74, 6) is 2.39. The molecule has 2 nitrogen and oxygen atoms in total. The Hall–Kier alpha value is -0.890. The molecule has 0 aromatic heterocycles. The zero-order chi connectivity index (χ0) is 13.4. The van der Waals surface area contributed by atoms with Gasteiger partial charge in [0, 0.05) is 5.38 Å². The molecule has 102 valence electrons. The van der Waals surface area contributed by atoms with Crippen LogP contribution in [0.1, 0.15) is 33.1 Å². The average Bonchev–Trinajstić information content (AvgIpc) is 2.34. The maximum atomic E-state index is 6.23. The van der Waals surface area contributed by atoms with E-state index in [4.69, 9.17) is 21.1 Å². The first-order valence-corrected chi connectivity index (χ1v) is 6.96. The lowest BCUT2D eigenvalue weighted by atomic mass is 10.1. The molecule has 3 heteroatoms. The summed E-state index contributed by atoms with van der Waals surface area (Å²) in [5, 5.41) is 0.268. The third kappa shape index (κ3) is 6.15. The fraction of sp³-hybridized carbons (Fsp3) is 0.600. The molecule has 0 spiro atoms. The van der Waals surface area contributed by atoms with Gasteiger partial charge in [-0.3, -0.25) is 0 Å². The van der Waals surface area contributed by atoms with Crippen molar-refractivity contribution in [2.45, 2.75) is 38.5 Å². The lowest BCUT2D eigenvalue weighted by molar-refractivity contribution is 0.303. The number of methoxy groups -OCH3 is 1. The summed E-state index contributed by atoms with van der Waals surface area (Å²) in [6.07, 6.45) is 3.08. The summed E-state index contributed by atoms with van der Waals surface area (Å²) >= 11 is 6.23. The van der Waals surface area contributed by atoms with Gasteiger partial charge < -0.3 is 9.47 Å². The van der Waals surface area contributed by atoms with E-state index in [1.54, 1.807) is 7.11 Å². The van der Waals surface area contributed by atoms with E-state index in [0.29, 0.717) is 12.5 Å². The fourth-order valence-corrected chi connectivity index (χ4v) is 2.31. The molecule has 0 saturated carbocycles. The quantitative estimate of drug-likeness (QED) is 0.511. The SMILES string of the molecule is COc1ccc(OCCCC(Cl)CC(C)C)cc1. The van der Waals surface area contributed by atoms with Crippen LogP contribution >= 0.6 is 11.6 Å². The second-order valence-corrected chi connectivity index (χ2v) is 5.51. The summed E-state index contributed by atoms with van der Waals surface area (Å²) in [6, 6.07) is 7.65. The minimum Gasteiger partial charge on any atom is -0.497 e. The van der Waals surface area contributed by atoms with E-state index in [9.17, 15) is 0 Å². The monoisotopic (exact) mass is 270 g/mol. The molecule has 0 bridgehead atoms. The molecule has 0 N–H and O–H groups in total. The number of hydrogen-bond donors (Lipinski definition) is 0. The van der Waals surface area contributed by atoms with Gasteiger partial charge in [0.25, 0.3) is 0 Å². The summed E-state index contributed by atoms with van der Waals surface area (Å²) in [5.41, 5.74) is 0. The Labute approximate surface area is 115 Å². The normalized spacial score (nSPS) is 12.5. The van der Waals surface area contributed by atoms with Crippen LogP contribution in [-0.4, -0.2) is 19.1 Å². The maximum absolute atomic E-state index is 6.23. The largest absolute Gasteiger partial charge is 0.497 e. The van der Waals surface area contributed by atoms with E-state index in [0.717, 1.165) is 30.8 Å². The van der Waals surface area contributed by atoms with Crippen LogP contribution in [-0.2, 0) is 0 Å². The molecule has 0 amide bonds. The van der Waals surface area contributed by atoms with Gasteiger partial charge in [0.05, 0.1) is 13.7 Å². The van der Waals surface area contributed by atoms with Crippen molar-refractivity contribution in [2.24, 2.45) is 5.92 Å². The minimum absolute atomic E-state index is 0.268. The molecule has 1 atom stereocenters. The molecule has 1 aromatic rings. The van der Waals surface area contributed by atoms with Crippen molar-refractivity contribution in [3.8, 4) is 11.5 Å². The Kier molecular flexibility index (Phi) is 6.96. The molecular weight excluding hydrogens is 248 g/mol. The van der Waals surface area contributed by atoms with Crippen LogP contribution in [0.5, 0.6) is 11.5 Å². The predicted molar refractivity (Wildman–Crippen MR) is 76.8 cm³/mol. The summed E-state index contributed by atoms with van der Waals surface area (Å²) in [4.78, 5) is 0. The smallest absolute Gasteiger partial charge is 0.119 e. The number of benzene rings is 1. The molecule has 0 saturated heterocycles. The molecule has 0 aliphatic rings. The summed E-state index contributed by atoms with van der Waals surface area (Å²) < 4.78 is 10.7. The topological polar surface area (TPSA) is 18.5 Å². The molecule has 18 heavy (non-hydrogen) atoms. The van der Waals surface area contributed by atoms with Crippen LogP contribution in [0.2, 0.25) is 0 Å². The highest BCUT2D eigenvalue weighted by Gasteiger charge is 2.06.